The third-order valence-electron chi connectivity index (χ3n) is 8.91. The van der Waals surface area contributed by atoms with Gasteiger partial charge in [-0.3, -0.25) is 4.68 Å². The molecule has 0 fully saturated rings. The molecule has 0 saturated heterocycles. The standard InChI is InChI=1S/C38H35F2N3O4/c1-4-46-38(44)37-29(12-8-18-47-33-13-7-11-24-19-27(39)14-15-28(24)33)30-16-17-31(40)35-34-23(2)41-42(3)32(34)22-45-21-26-10-6-5-9-25(26)20-43(37)36(30)35/h5-7,9-11,13-17,19H,4,8,12,18,20-22H2,1-3H3. The predicted octanol–water partition coefficient (Wildman–Crippen LogP) is 8.05. The molecule has 240 valence electrons. The number of carbonyl (C=O) groups excluding carboxylic acids is 1. The van der Waals surface area contributed by atoms with Crippen LogP contribution in [0.15, 0.2) is 72.8 Å². The lowest BCUT2D eigenvalue weighted by Crippen LogP contribution is -2.16. The minimum atomic E-state index is -0.464. The average Bonchev–Trinajstić information content (AvgIpc) is 3.50. The number of aryl methyl sites for hydroxylation is 3. The second-order valence-electron chi connectivity index (χ2n) is 11.8. The van der Waals surface area contributed by atoms with Crippen molar-refractivity contribution in [2.24, 2.45) is 7.05 Å². The molecule has 0 amide bonds. The van der Waals surface area contributed by atoms with Crippen molar-refractivity contribution in [3.63, 3.8) is 0 Å². The molecule has 9 heteroatoms. The molecular weight excluding hydrogens is 600 g/mol. The number of benzene rings is 4. The third-order valence-corrected chi connectivity index (χ3v) is 8.91. The van der Waals surface area contributed by atoms with Gasteiger partial charge in [-0.15, -0.1) is 0 Å². The van der Waals surface area contributed by atoms with Gasteiger partial charge in [-0.05, 0) is 85.2 Å². The Morgan fingerprint density at radius 2 is 1.77 bits per heavy atom. The van der Waals surface area contributed by atoms with Gasteiger partial charge in [0, 0.05) is 35.5 Å². The number of carbonyl (C=O) groups is 1. The maximum absolute atomic E-state index is 16.2. The van der Waals surface area contributed by atoms with Crippen molar-refractivity contribution in [1.82, 2.24) is 14.3 Å². The summed E-state index contributed by atoms with van der Waals surface area (Å²) in [6.07, 6.45) is 1.04. The van der Waals surface area contributed by atoms with E-state index in [9.17, 15) is 9.18 Å². The zero-order valence-corrected chi connectivity index (χ0v) is 26.6. The van der Waals surface area contributed by atoms with Gasteiger partial charge in [0.2, 0.25) is 0 Å². The molecule has 7 rings (SSSR count). The first-order valence-electron chi connectivity index (χ1n) is 15.8. The Labute approximate surface area is 271 Å². The first kappa shape index (κ1) is 30.6. The lowest BCUT2D eigenvalue weighted by Gasteiger charge is -2.15. The van der Waals surface area contributed by atoms with Crippen molar-refractivity contribution in [2.75, 3.05) is 13.2 Å². The highest BCUT2D eigenvalue weighted by atomic mass is 19.1. The van der Waals surface area contributed by atoms with Gasteiger partial charge in [0.05, 0.1) is 43.3 Å². The van der Waals surface area contributed by atoms with Gasteiger partial charge in [-0.25, -0.2) is 13.6 Å². The van der Waals surface area contributed by atoms with Crippen LogP contribution in [0.25, 0.3) is 32.8 Å². The van der Waals surface area contributed by atoms with Gasteiger partial charge >= 0.3 is 5.97 Å². The zero-order valence-electron chi connectivity index (χ0n) is 26.6. The number of nitrogens with zero attached hydrogens (tertiary/aromatic N) is 3. The van der Waals surface area contributed by atoms with E-state index in [2.05, 4.69) is 5.10 Å². The van der Waals surface area contributed by atoms with Crippen LogP contribution in [0.5, 0.6) is 5.75 Å². The number of hydrogen-bond donors (Lipinski definition) is 0. The molecule has 6 aromatic rings. The fourth-order valence-electron chi connectivity index (χ4n) is 6.83. The van der Waals surface area contributed by atoms with Gasteiger partial charge in [-0.1, -0.05) is 36.4 Å². The molecule has 2 aromatic heterocycles. The minimum Gasteiger partial charge on any atom is -0.493 e. The Morgan fingerprint density at radius 1 is 0.957 bits per heavy atom. The van der Waals surface area contributed by atoms with Crippen LogP contribution >= 0.6 is 0 Å². The Hall–Kier alpha value is -5.02. The van der Waals surface area contributed by atoms with Gasteiger partial charge in [-0.2, -0.15) is 5.10 Å². The molecule has 0 atom stereocenters. The van der Waals surface area contributed by atoms with Crippen LogP contribution in [-0.4, -0.2) is 33.5 Å². The molecule has 0 aliphatic carbocycles. The van der Waals surface area contributed by atoms with E-state index in [1.165, 1.54) is 18.2 Å². The van der Waals surface area contributed by atoms with E-state index in [0.717, 1.165) is 38.5 Å². The molecule has 47 heavy (non-hydrogen) atoms. The van der Waals surface area contributed by atoms with E-state index >= 15 is 4.39 Å². The topological polar surface area (TPSA) is 67.5 Å². The highest BCUT2D eigenvalue weighted by Gasteiger charge is 2.30. The lowest BCUT2D eigenvalue weighted by molar-refractivity contribution is 0.0513. The van der Waals surface area contributed by atoms with Crippen LogP contribution in [0, 0.1) is 18.6 Å². The number of aromatic nitrogens is 3. The number of halogens is 2. The summed E-state index contributed by atoms with van der Waals surface area (Å²) in [6, 6.07) is 21.4. The fourth-order valence-corrected chi connectivity index (χ4v) is 6.83. The van der Waals surface area contributed by atoms with Crippen molar-refractivity contribution in [1.29, 1.82) is 0 Å². The monoisotopic (exact) mass is 635 g/mol. The summed E-state index contributed by atoms with van der Waals surface area (Å²) in [7, 11) is 1.84. The Kier molecular flexibility index (Phi) is 8.24. The summed E-state index contributed by atoms with van der Waals surface area (Å²) in [4.78, 5) is 13.9. The highest BCUT2D eigenvalue weighted by Crippen LogP contribution is 2.41. The van der Waals surface area contributed by atoms with Gasteiger partial charge < -0.3 is 18.8 Å². The molecule has 1 aliphatic heterocycles. The van der Waals surface area contributed by atoms with Crippen molar-refractivity contribution < 1.29 is 27.8 Å². The molecule has 4 aromatic carbocycles. The van der Waals surface area contributed by atoms with Crippen LogP contribution in [0.1, 0.15) is 51.9 Å². The molecule has 0 spiro atoms. The summed E-state index contributed by atoms with van der Waals surface area (Å²) < 4.78 is 51.7. The number of rotatable bonds is 7. The molecular formula is C38H35F2N3O4. The van der Waals surface area contributed by atoms with Gasteiger partial charge in [0.25, 0.3) is 0 Å². The van der Waals surface area contributed by atoms with Crippen LogP contribution in [0.3, 0.4) is 0 Å². The summed E-state index contributed by atoms with van der Waals surface area (Å²) in [6.45, 7) is 5.10. The molecule has 0 radical (unpaired) electrons. The van der Waals surface area contributed by atoms with Crippen LogP contribution in [0.4, 0.5) is 8.78 Å². The summed E-state index contributed by atoms with van der Waals surface area (Å²) >= 11 is 0. The molecule has 0 N–H and O–H groups in total. The second kappa shape index (κ2) is 12.6. The quantitative estimate of drug-likeness (QED) is 0.131. The summed E-state index contributed by atoms with van der Waals surface area (Å²) in [5.41, 5.74) is 6.22. The van der Waals surface area contributed by atoms with Gasteiger partial charge in [0.1, 0.15) is 23.1 Å². The molecule has 0 saturated carbocycles. The SMILES string of the molecule is CCOC(=O)c1c(CCCOc2cccc3cc(F)ccc23)c2ccc(F)c3c2n1Cc1ccccc1COCc1c-3c(C)nn1C. The van der Waals surface area contributed by atoms with Gasteiger partial charge in [0.15, 0.2) is 0 Å². The van der Waals surface area contributed by atoms with Crippen LogP contribution in [-0.2, 0) is 42.7 Å². The Balaban J connectivity index is 1.37. The largest absolute Gasteiger partial charge is 0.493 e. The summed E-state index contributed by atoms with van der Waals surface area (Å²) in [5, 5.41) is 7.00. The van der Waals surface area contributed by atoms with Crippen molar-refractivity contribution in [3.05, 3.63) is 118 Å². The number of esters is 1. The molecule has 3 heterocycles. The molecule has 0 bridgehead atoms. The Bertz CT molecular complexity index is 2150. The van der Waals surface area contributed by atoms with Crippen LogP contribution in [0.2, 0.25) is 0 Å². The molecule has 1 aliphatic rings. The average molecular weight is 636 g/mol. The van der Waals surface area contributed by atoms with E-state index in [0.29, 0.717) is 66.4 Å². The normalized spacial score (nSPS) is 12.9. The highest BCUT2D eigenvalue weighted by molar-refractivity contribution is 6.05. The van der Waals surface area contributed by atoms with Crippen LogP contribution < -0.4 is 4.74 Å². The smallest absolute Gasteiger partial charge is 0.355 e. The van der Waals surface area contributed by atoms with Crippen molar-refractivity contribution in [2.45, 2.75) is 46.4 Å². The molecule has 0 unspecified atom stereocenters. The fraction of sp³-hybridized carbons (Fsp3) is 0.263. The zero-order chi connectivity index (χ0) is 32.7. The first-order valence-corrected chi connectivity index (χ1v) is 15.8. The van der Waals surface area contributed by atoms with E-state index in [4.69, 9.17) is 14.2 Å². The van der Waals surface area contributed by atoms with E-state index in [-0.39, 0.29) is 19.0 Å². The maximum Gasteiger partial charge on any atom is 0.355 e. The predicted molar refractivity (Wildman–Crippen MR) is 177 cm³/mol. The number of hydrogen-bond acceptors (Lipinski definition) is 5. The summed E-state index contributed by atoms with van der Waals surface area (Å²) in [5.74, 6) is -0.511. The number of fused-ring (bicyclic) bond motifs is 4. The second-order valence-corrected chi connectivity index (χ2v) is 11.8. The van der Waals surface area contributed by atoms with E-state index < -0.39 is 11.8 Å². The Morgan fingerprint density at radius 3 is 2.60 bits per heavy atom. The maximum atomic E-state index is 16.2. The van der Waals surface area contributed by atoms with E-state index in [1.807, 2.05) is 61.0 Å². The lowest BCUT2D eigenvalue weighted by atomic mass is 9.97. The minimum absolute atomic E-state index is 0.197. The number of ether oxygens (including phenoxy) is 3. The molecule has 7 nitrogen and oxygen atoms in total. The third kappa shape index (κ3) is 5.54. The van der Waals surface area contributed by atoms with E-state index in [1.54, 1.807) is 23.7 Å². The van der Waals surface area contributed by atoms with Crippen molar-refractivity contribution in [3.8, 4) is 16.9 Å². The van der Waals surface area contributed by atoms with Crippen molar-refractivity contribution >= 4 is 27.6 Å². The first-order chi connectivity index (χ1) is 22.9.